The standard InChI is InChI=1S/C9H12O.Sn/c1-2-5-8-6-3-4-7-9(8)10;/h3-4,6-7,10H,2,5H2,1H3;/q;+1/p-1. The summed E-state index contributed by atoms with van der Waals surface area (Å²) < 4.78 is 5.29. The molecule has 1 rings (SSSR count). The van der Waals surface area contributed by atoms with Crippen molar-refractivity contribution in [1.29, 1.82) is 0 Å². The third-order valence-electron chi connectivity index (χ3n) is 1.60. The van der Waals surface area contributed by atoms with Crippen LogP contribution in [0.4, 0.5) is 0 Å². The first-order chi connectivity index (χ1) is 5.38. The molecule has 3 radical (unpaired) electrons. The van der Waals surface area contributed by atoms with Gasteiger partial charge in [0.1, 0.15) is 0 Å². The van der Waals surface area contributed by atoms with Crippen molar-refractivity contribution in [3.8, 4) is 5.75 Å². The summed E-state index contributed by atoms with van der Waals surface area (Å²) >= 11 is 1.11. The van der Waals surface area contributed by atoms with Crippen LogP contribution in [0, 0.1) is 0 Å². The molecule has 0 heterocycles. The molecule has 0 fully saturated rings. The molecule has 0 aromatic heterocycles. The van der Waals surface area contributed by atoms with Gasteiger partial charge in [-0.15, -0.1) is 0 Å². The Balaban J connectivity index is 2.83. The molecule has 0 aliphatic rings. The van der Waals surface area contributed by atoms with E-state index in [2.05, 4.69) is 19.1 Å². The van der Waals surface area contributed by atoms with E-state index in [-0.39, 0.29) is 0 Å². The molecule has 11 heavy (non-hydrogen) atoms. The summed E-state index contributed by atoms with van der Waals surface area (Å²) in [6.07, 6.45) is 2.29. The Labute approximate surface area is 81.4 Å². The second-order valence-corrected chi connectivity index (χ2v) is 3.04. The van der Waals surface area contributed by atoms with E-state index in [1.54, 1.807) is 0 Å². The van der Waals surface area contributed by atoms with Gasteiger partial charge in [0.15, 0.2) is 0 Å². The van der Waals surface area contributed by atoms with Crippen molar-refractivity contribution in [3.05, 3.63) is 29.8 Å². The molecule has 0 aliphatic carbocycles. The van der Waals surface area contributed by atoms with Gasteiger partial charge >= 0.3 is 81.4 Å². The predicted molar refractivity (Wildman–Crippen MR) is 46.8 cm³/mol. The molecule has 0 atom stereocenters. The van der Waals surface area contributed by atoms with Crippen LogP contribution in [0.5, 0.6) is 5.75 Å². The summed E-state index contributed by atoms with van der Waals surface area (Å²) in [5.74, 6) is 1.05. The van der Waals surface area contributed by atoms with Crippen LogP contribution < -0.4 is 3.07 Å². The van der Waals surface area contributed by atoms with Crippen molar-refractivity contribution < 1.29 is 3.07 Å². The molecule has 1 aromatic rings. The van der Waals surface area contributed by atoms with Crippen LogP contribution >= 0.6 is 0 Å². The minimum atomic E-state index is 1.05. The second kappa shape index (κ2) is 4.65. The van der Waals surface area contributed by atoms with Crippen molar-refractivity contribution in [2.75, 3.05) is 0 Å². The molecule has 1 nitrogen and oxygen atoms in total. The Morgan fingerprint density at radius 1 is 1.36 bits per heavy atom. The van der Waals surface area contributed by atoms with E-state index in [9.17, 15) is 0 Å². The summed E-state index contributed by atoms with van der Waals surface area (Å²) in [5.41, 5.74) is 1.33. The van der Waals surface area contributed by atoms with E-state index in [1.165, 1.54) is 12.0 Å². The molecular formula is C9H11OSn. The molecule has 0 unspecified atom stereocenters. The van der Waals surface area contributed by atoms with E-state index in [0.29, 0.717) is 0 Å². The maximum absolute atomic E-state index is 5.29. The van der Waals surface area contributed by atoms with Crippen LogP contribution in [-0.2, 0) is 6.42 Å². The molecule has 0 N–H and O–H groups in total. The van der Waals surface area contributed by atoms with E-state index < -0.39 is 0 Å². The van der Waals surface area contributed by atoms with E-state index in [0.717, 1.165) is 35.1 Å². The monoisotopic (exact) mass is 255 g/mol. The summed E-state index contributed by atoms with van der Waals surface area (Å²) in [4.78, 5) is 0. The van der Waals surface area contributed by atoms with Crippen LogP contribution in [0.3, 0.4) is 0 Å². The molecule has 57 valence electrons. The predicted octanol–water partition coefficient (Wildman–Crippen LogP) is 2.10. The first kappa shape index (κ1) is 8.91. The normalized spacial score (nSPS) is 9.64. The Bertz CT molecular complexity index is 223. The molecule has 1 aromatic carbocycles. The van der Waals surface area contributed by atoms with E-state index in [4.69, 9.17) is 3.07 Å². The molecule has 0 spiro atoms. The zero-order valence-electron chi connectivity index (χ0n) is 6.63. The first-order valence-corrected chi connectivity index (χ1v) is 4.96. The van der Waals surface area contributed by atoms with Crippen molar-refractivity contribution in [3.63, 3.8) is 0 Å². The fraction of sp³-hybridized carbons (Fsp3) is 0.333. The summed E-state index contributed by atoms with van der Waals surface area (Å²) in [5, 5.41) is 0. The summed E-state index contributed by atoms with van der Waals surface area (Å²) in [7, 11) is 0. The number of rotatable bonds is 3. The number of hydrogen-bond acceptors (Lipinski definition) is 1. The second-order valence-electron chi connectivity index (χ2n) is 2.46. The number of para-hydroxylation sites is 1. The van der Waals surface area contributed by atoms with Gasteiger partial charge in [-0.2, -0.15) is 0 Å². The zero-order valence-corrected chi connectivity index (χ0v) is 9.49. The average molecular weight is 254 g/mol. The van der Waals surface area contributed by atoms with E-state index >= 15 is 0 Å². The van der Waals surface area contributed by atoms with Crippen LogP contribution in [-0.4, -0.2) is 22.9 Å². The Hall–Kier alpha value is -0.181. The van der Waals surface area contributed by atoms with Crippen LogP contribution in [0.25, 0.3) is 0 Å². The fourth-order valence-electron chi connectivity index (χ4n) is 1.08. The average Bonchev–Trinajstić information content (AvgIpc) is 2.06. The Morgan fingerprint density at radius 3 is 2.73 bits per heavy atom. The van der Waals surface area contributed by atoms with Gasteiger partial charge in [-0.25, -0.2) is 0 Å². The van der Waals surface area contributed by atoms with Gasteiger partial charge in [0.05, 0.1) is 0 Å². The molecule has 0 aliphatic heterocycles. The Morgan fingerprint density at radius 2 is 2.09 bits per heavy atom. The number of aryl methyl sites for hydroxylation is 1. The molecular weight excluding hydrogens is 243 g/mol. The van der Waals surface area contributed by atoms with Crippen molar-refractivity contribution in [1.82, 2.24) is 0 Å². The van der Waals surface area contributed by atoms with Crippen molar-refractivity contribution >= 4 is 22.9 Å². The van der Waals surface area contributed by atoms with Crippen LogP contribution in [0.1, 0.15) is 18.9 Å². The van der Waals surface area contributed by atoms with Gasteiger partial charge in [0.25, 0.3) is 0 Å². The van der Waals surface area contributed by atoms with Gasteiger partial charge in [-0.3, -0.25) is 0 Å². The van der Waals surface area contributed by atoms with Crippen molar-refractivity contribution in [2.24, 2.45) is 0 Å². The van der Waals surface area contributed by atoms with Gasteiger partial charge in [-0.1, -0.05) is 0 Å². The zero-order chi connectivity index (χ0) is 8.10. The van der Waals surface area contributed by atoms with Crippen molar-refractivity contribution in [2.45, 2.75) is 19.8 Å². The summed E-state index contributed by atoms with van der Waals surface area (Å²) in [6, 6.07) is 8.23. The van der Waals surface area contributed by atoms with Crippen LogP contribution in [0.2, 0.25) is 0 Å². The van der Waals surface area contributed by atoms with Gasteiger partial charge in [0.2, 0.25) is 0 Å². The maximum atomic E-state index is 5.29. The third-order valence-corrected chi connectivity index (χ3v) is 2.23. The molecule has 2 heteroatoms. The number of hydrogen-bond donors (Lipinski definition) is 0. The van der Waals surface area contributed by atoms with Gasteiger partial charge in [-0.05, 0) is 0 Å². The summed E-state index contributed by atoms with van der Waals surface area (Å²) in [6.45, 7) is 2.18. The SMILES string of the molecule is CCCc1ccccc1[O][Sn]. The first-order valence-electron chi connectivity index (χ1n) is 3.80. The quantitative estimate of drug-likeness (QED) is 0.750. The minimum absolute atomic E-state index is 1.05. The molecule has 0 amide bonds. The molecule has 0 saturated heterocycles. The van der Waals surface area contributed by atoms with E-state index in [1.807, 2.05) is 12.1 Å². The molecule has 0 bridgehead atoms. The topological polar surface area (TPSA) is 9.23 Å². The van der Waals surface area contributed by atoms with Gasteiger partial charge < -0.3 is 0 Å². The Kier molecular flexibility index (Phi) is 3.76. The fourth-order valence-corrected chi connectivity index (χ4v) is 1.65. The van der Waals surface area contributed by atoms with Crippen LogP contribution in [0.15, 0.2) is 24.3 Å². The number of benzene rings is 1. The molecule has 0 saturated carbocycles. The van der Waals surface area contributed by atoms with Gasteiger partial charge in [0, 0.05) is 0 Å². The third kappa shape index (κ3) is 2.40.